The van der Waals surface area contributed by atoms with E-state index in [0.717, 1.165) is 28.3 Å². The molecule has 0 aliphatic carbocycles. The first-order valence-electron chi connectivity index (χ1n) is 7.06. The Hall–Kier alpha value is -2.20. The number of benzene rings is 2. The van der Waals surface area contributed by atoms with Gasteiger partial charge in [0.15, 0.2) is 11.5 Å². The van der Waals surface area contributed by atoms with Crippen molar-refractivity contribution in [3.8, 4) is 11.5 Å². The number of hydrogen-bond donors (Lipinski definition) is 1. The standard InChI is InChI=1S/C17H19NO3/c1-19-12-13-4-2-6-15(10-13)18-11-14-5-3-7-16-17(14)21-9-8-20-16/h2-7,10,18H,8-9,11-12H2,1H3. The lowest BCUT2D eigenvalue weighted by Gasteiger charge is -2.21. The van der Waals surface area contributed by atoms with Crippen LogP contribution < -0.4 is 14.8 Å². The molecular formula is C17H19NO3. The van der Waals surface area contributed by atoms with Gasteiger partial charge in [-0.3, -0.25) is 0 Å². The molecule has 110 valence electrons. The molecule has 0 atom stereocenters. The summed E-state index contributed by atoms with van der Waals surface area (Å²) in [5.41, 5.74) is 3.32. The summed E-state index contributed by atoms with van der Waals surface area (Å²) in [6.45, 7) is 2.53. The minimum Gasteiger partial charge on any atom is -0.486 e. The first-order valence-corrected chi connectivity index (χ1v) is 7.06. The van der Waals surface area contributed by atoms with Gasteiger partial charge in [0.2, 0.25) is 0 Å². The van der Waals surface area contributed by atoms with Crippen molar-refractivity contribution in [1.29, 1.82) is 0 Å². The van der Waals surface area contributed by atoms with E-state index in [2.05, 4.69) is 23.5 Å². The fraction of sp³-hybridized carbons (Fsp3) is 0.294. The summed E-state index contributed by atoms with van der Waals surface area (Å²) < 4.78 is 16.5. The predicted molar refractivity (Wildman–Crippen MR) is 81.9 cm³/mol. The molecule has 0 radical (unpaired) electrons. The van der Waals surface area contributed by atoms with E-state index in [1.165, 1.54) is 0 Å². The molecular weight excluding hydrogens is 266 g/mol. The lowest BCUT2D eigenvalue weighted by molar-refractivity contribution is 0.170. The Morgan fingerprint density at radius 2 is 1.95 bits per heavy atom. The van der Waals surface area contributed by atoms with Gasteiger partial charge in [-0.1, -0.05) is 24.3 Å². The highest BCUT2D eigenvalue weighted by Gasteiger charge is 2.15. The van der Waals surface area contributed by atoms with Crippen LogP contribution in [0.25, 0.3) is 0 Å². The maximum atomic E-state index is 5.72. The van der Waals surface area contributed by atoms with Gasteiger partial charge in [-0.15, -0.1) is 0 Å². The number of ether oxygens (including phenoxy) is 3. The SMILES string of the molecule is COCc1cccc(NCc2cccc3c2OCCO3)c1. The van der Waals surface area contributed by atoms with E-state index in [9.17, 15) is 0 Å². The van der Waals surface area contributed by atoms with Gasteiger partial charge in [-0.05, 0) is 23.8 Å². The van der Waals surface area contributed by atoms with Crippen LogP contribution in [-0.4, -0.2) is 20.3 Å². The van der Waals surface area contributed by atoms with Crippen molar-refractivity contribution in [3.05, 3.63) is 53.6 Å². The predicted octanol–water partition coefficient (Wildman–Crippen LogP) is 3.22. The highest BCUT2D eigenvalue weighted by atomic mass is 16.6. The third-order valence-corrected chi connectivity index (χ3v) is 3.37. The van der Waals surface area contributed by atoms with Crippen LogP contribution in [0, 0.1) is 0 Å². The second kappa shape index (κ2) is 6.50. The molecule has 3 rings (SSSR count). The van der Waals surface area contributed by atoms with Crippen molar-refractivity contribution >= 4 is 5.69 Å². The largest absolute Gasteiger partial charge is 0.486 e. The van der Waals surface area contributed by atoms with E-state index >= 15 is 0 Å². The molecule has 0 spiro atoms. The molecule has 1 N–H and O–H groups in total. The minimum absolute atomic E-state index is 0.605. The Labute approximate surface area is 124 Å². The first kappa shape index (κ1) is 13.8. The molecule has 0 bridgehead atoms. The smallest absolute Gasteiger partial charge is 0.166 e. The van der Waals surface area contributed by atoms with Crippen LogP contribution in [0.15, 0.2) is 42.5 Å². The molecule has 0 amide bonds. The number of hydrogen-bond acceptors (Lipinski definition) is 4. The van der Waals surface area contributed by atoms with Gasteiger partial charge in [0.05, 0.1) is 6.61 Å². The summed E-state index contributed by atoms with van der Waals surface area (Å²) >= 11 is 0. The average Bonchev–Trinajstić information content (AvgIpc) is 2.53. The number of methoxy groups -OCH3 is 1. The fourth-order valence-electron chi connectivity index (χ4n) is 2.41. The topological polar surface area (TPSA) is 39.7 Å². The van der Waals surface area contributed by atoms with Crippen molar-refractivity contribution in [1.82, 2.24) is 0 Å². The van der Waals surface area contributed by atoms with Gasteiger partial charge < -0.3 is 19.5 Å². The molecule has 0 saturated carbocycles. The van der Waals surface area contributed by atoms with E-state index in [0.29, 0.717) is 26.4 Å². The van der Waals surface area contributed by atoms with Crippen molar-refractivity contribution in [2.45, 2.75) is 13.2 Å². The van der Waals surface area contributed by atoms with Crippen LogP contribution in [-0.2, 0) is 17.9 Å². The molecule has 4 heteroatoms. The quantitative estimate of drug-likeness (QED) is 0.915. The summed E-state index contributed by atoms with van der Waals surface area (Å²) in [5, 5.41) is 3.42. The van der Waals surface area contributed by atoms with Crippen molar-refractivity contribution < 1.29 is 14.2 Å². The molecule has 21 heavy (non-hydrogen) atoms. The number of fused-ring (bicyclic) bond motifs is 1. The minimum atomic E-state index is 0.605. The highest BCUT2D eigenvalue weighted by molar-refractivity contribution is 5.51. The Balaban J connectivity index is 1.72. The molecule has 1 aliphatic rings. The maximum absolute atomic E-state index is 5.72. The van der Waals surface area contributed by atoms with Gasteiger partial charge >= 0.3 is 0 Å². The van der Waals surface area contributed by atoms with Gasteiger partial charge in [-0.2, -0.15) is 0 Å². The molecule has 4 nitrogen and oxygen atoms in total. The number of anilines is 1. The normalized spacial score (nSPS) is 13.0. The third kappa shape index (κ3) is 3.28. The van der Waals surface area contributed by atoms with Crippen molar-refractivity contribution in [3.63, 3.8) is 0 Å². The zero-order valence-electron chi connectivity index (χ0n) is 12.1. The first-order chi connectivity index (χ1) is 10.4. The Morgan fingerprint density at radius 3 is 2.86 bits per heavy atom. The number of rotatable bonds is 5. The highest BCUT2D eigenvalue weighted by Crippen LogP contribution is 2.33. The van der Waals surface area contributed by atoms with E-state index < -0.39 is 0 Å². The molecule has 0 unspecified atom stereocenters. The lowest BCUT2D eigenvalue weighted by atomic mass is 10.1. The van der Waals surface area contributed by atoms with Crippen LogP contribution in [0.2, 0.25) is 0 Å². The summed E-state index contributed by atoms with van der Waals surface area (Å²) in [5.74, 6) is 1.68. The van der Waals surface area contributed by atoms with E-state index in [1.807, 2.05) is 24.3 Å². The van der Waals surface area contributed by atoms with Gasteiger partial charge in [0.1, 0.15) is 13.2 Å². The number of nitrogens with one attached hydrogen (secondary N) is 1. The average molecular weight is 285 g/mol. The van der Waals surface area contributed by atoms with Crippen LogP contribution >= 0.6 is 0 Å². The number of para-hydroxylation sites is 1. The summed E-state index contributed by atoms with van der Waals surface area (Å²) in [6, 6.07) is 14.2. The Morgan fingerprint density at radius 1 is 1.10 bits per heavy atom. The maximum Gasteiger partial charge on any atom is 0.166 e. The summed E-state index contributed by atoms with van der Waals surface area (Å²) in [6.07, 6.45) is 0. The molecule has 0 fully saturated rings. The van der Waals surface area contributed by atoms with Crippen LogP contribution in [0.3, 0.4) is 0 Å². The second-order valence-electron chi connectivity index (χ2n) is 4.93. The van der Waals surface area contributed by atoms with Crippen LogP contribution in [0.1, 0.15) is 11.1 Å². The molecule has 2 aromatic rings. The van der Waals surface area contributed by atoms with Crippen LogP contribution in [0.5, 0.6) is 11.5 Å². The lowest BCUT2D eigenvalue weighted by Crippen LogP contribution is -2.17. The Bertz CT molecular complexity index is 613. The molecule has 1 aliphatic heterocycles. The second-order valence-corrected chi connectivity index (χ2v) is 4.93. The molecule has 2 aromatic carbocycles. The van der Waals surface area contributed by atoms with Gasteiger partial charge in [0, 0.05) is 24.9 Å². The Kier molecular flexibility index (Phi) is 4.26. The third-order valence-electron chi connectivity index (χ3n) is 3.37. The van der Waals surface area contributed by atoms with Crippen LogP contribution in [0.4, 0.5) is 5.69 Å². The molecule has 1 heterocycles. The molecule has 0 aromatic heterocycles. The van der Waals surface area contributed by atoms with E-state index in [4.69, 9.17) is 14.2 Å². The van der Waals surface area contributed by atoms with E-state index in [-0.39, 0.29) is 0 Å². The van der Waals surface area contributed by atoms with Gasteiger partial charge in [0.25, 0.3) is 0 Å². The molecule has 0 saturated heterocycles. The fourth-order valence-corrected chi connectivity index (χ4v) is 2.41. The summed E-state index contributed by atoms with van der Waals surface area (Å²) in [7, 11) is 1.70. The summed E-state index contributed by atoms with van der Waals surface area (Å²) in [4.78, 5) is 0. The van der Waals surface area contributed by atoms with Crippen molar-refractivity contribution in [2.24, 2.45) is 0 Å². The van der Waals surface area contributed by atoms with Gasteiger partial charge in [-0.25, -0.2) is 0 Å². The zero-order valence-corrected chi connectivity index (χ0v) is 12.1. The van der Waals surface area contributed by atoms with Crippen molar-refractivity contribution in [2.75, 3.05) is 25.6 Å². The van der Waals surface area contributed by atoms with E-state index in [1.54, 1.807) is 7.11 Å². The monoisotopic (exact) mass is 285 g/mol. The zero-order chi connectivity index (χ0) is 14.5.